The lowest BCUT2D eigenvalue weighted by atomic mass is 9.99. The Bertz CT molecular complexity index is 880. The van der Waals surface area contributed by atoms with Crippen LogP contribution in [0.2, 0.25) is 0 Å². The first kappa shape index (κ1) is 19.5. The van der Waals surface area contributed by atoms with Gasteiger partial charge >= 0.3 is 11.8 Å². The number of aromatic nitrogens is 1. The Morgan fingerprint density at radius 1 is 1.11 bits per heavy atom. The Hall–Kier alpha value is -3.22. The highest BCUT2D eigenvalue weighted by Gasteiger charge is 2.25. The largest absolute Gasteiger partial charge is 0.344 e. The molecule has 2 aromatic rings. The van der Waals surface area contributed by atoms with Gasteiger partial charge in [0.05, 0.1) is 0 Å². The van der Waals surface area contributed by atoms with E-state index in [1.807, 2.05) is 19.9 Å². The van der Waals surface area contributed by atoms with Crippen molar-refractivity contribution < 1.29 is 14.4 Å². The normalized spacial score (nSPS) is 13.0. The predicted molar refractivity (Wildman–Crippen MR) is 107 cm³/mol. The number of fused-ring (bicyclic) bond motifs is 1. The minimum atomic E-state index is -0.744. The van der Waals surface area contributed by atoms with Gasteiger partial charge in [-0.15, -0.1) is 0 Å². The van der Waals surface area contributed by atoms with Crippen LogP contribution in [0.5, 0.6) is 0 Å². The molecule has 146 valence electrons. The molecule has 0 unspecified atom stereocenters. The van der Waals surface area contributed by atoms with E-state index in [0.29, 0.717) is 12.2 Å². The minimum absolute atomic E-state index is 0.0551. The minimum Gasteiger partial charge on any atom is -0.344 e. The van der Waals surface area contributed by atoms with Crippen LogP contribution in [0, 0.1) is 5.92 Å². The van der Waals surface area contributed by atoms with Gasteiger partial charge in [-0.25, -0.2) is 0 Å². The van der Waals surface area contributed by atoms with Crippen LogP contribution in [0.25, 0.3) is 0 Å². The molecule has 0 bridgehead atoms. The SMILES string of the molecule is CC(C)C(=O)N1CCCc2ccc(NC(=O)C(=O)NCc3ccncc3)cc21. The predicted octanol–water partition coefficient (Wildman–Crippen LogP) is 2.27. The number of amides is 3. The van der Waals surface area contributed by atoms with E-state index in [2.05, 4.69) is 15.6 Å². The standard InChI is InChI=1S/C21H24N4O3/c1-14(2)21(28)25-11-3-4-16-5-6-17(12-18(16)25)24-20(27)19(26)23-13-15-7-9-22-10-8-15/h5-10,12,14H,3-4,11,13H2,1-2H3,(H,23,26)(H,24,27). The molecule has 1 aliphatic heterocycles. The Morgan fingerprint density at radius 3 is 2.57 bits per heavy atom. The van der Waals surface area contributed by atoms with E-state index < -0.39 is 11.8 Å². The van der Waals surface area contributed by atoms with Gasteiger partial charge in [-0.05, 0) is 48.2 Å². The number of hydrogen-bond acceptors (Lipinski definition) is 4. The third-order valence-electron chi connectivity index (χ3n) is 4.63. The molecule has 0 aliphatic carbocycles. The molecule has 7 heteroatoms. The second-order valence-corrected chi connectivity index (χ2v) is 7.08. The van der Waals surface area contributed by atoms with E-state index in [9.17, 15) is 14.4 Å². The summed E-state index contributed by atoms with van der Waals surface area (Å²) in [6.07, 6.45) is 5.05. The van der Waals surface area contributed by atoms with Crippen LogP contribution in [0.1, 0.15) is 31.4 Å². The molecule has 28 heavy (non-hydrogen) atoms. The molecule has 0 atom stereocenters. The zero-order chi connectivity index (χ0) is 20.1. The quantitative estimate of drug-likeness (QED) is 0.796. The van der Waals surface area contributed by atoms with Crippen molar-refractivity contribution in [3.05, 3.63) is 53.9 Å². The highest BCUT2D eigenvalue weighted by Crippen LogP contribution is 2.31. The van der Waals surface area contributed by atoms with Crippen LogP contribution in [0.15, 0.2) is 42.7 Å². The molecule has 0 fully saturated rings. The van der Waals surface area contributed by atoms with Gasteiger partial charge in [0.25, 0.3) is 0 Å². The first-order valence-electron chi connectivity index (χ1n) is 9.38. The summed E-state index contributed by atoms with van der Waals surface area (Å²) in [7, 11) is 0. The number of aryl methyl sites for hydroxylation is 1. The van der Waals surface area contributed by atoms with Gasteiger partial charge in [0, 0.05) is 42.8 Å². The van der Waals surface area contributed by atoms with Gasteiger partial charge in [0.1, 0.15) is 0 Å². The smallest absolute Gasteiger partial charge is 0.313 e. The van der Waals surface area contributed by atoms with Crippen molar-refractivity contribution in [1.29, 1.82) is 0 Å². The van der Waals surface area contributed by atoms with Crippen molar-refractivity contribution in [1.82, 2.24) is 10.3 Å². The number of hydrogen-bond donors (Lipinski definition) is 2. The van der Waals surface area contributed by atoms with Gasteiger partial charge in [-0.1, -0.05) is 19.9 Å². The highest BCUT2D eigenvalue weighted by atomic mass is 16.2. The van der Waals surface area contributed by atoms with Crippen LogP contribution in [0.3, 0.4) is 0 Å². The summed E-state index contributed by atoms with van der Waals surface area (Å²) in [6.45, 7) is 4.65. The van der Waals surface area contributed by atoms with Crippen molar-refractivity contribution in [3.63, 3.8) is 0 Å². The molecule has 1 aromatic heterocycles. The topological polar surface area (TPSA) is 91.4 Å². The van der Waals surface area contributed by atoms with E-state index in [1.54, 1.807) is 41.6 Å². The van der Waals surface area contributed by atoms with E-state index in [0.717, 1.165) is 29.7 Å². The molecule has 0 saturated heterocycles. The average molecular weight is 380 g/mol. The number of anilines is 2. The molecule has 2 heterocycles. The van der Waals surface area contributed by atoms with Gasteiger partial charge < -0.3 is 15.5 Å². The van der Waals surface area contributed by atoms with Gasteiger partial charge in [0.15, 0.2) is 0 Å². The summed E-state index contributed by atoms with van der Waals surface area (Å²) in [5.41, 5.74) is 3.22. The fourth-order valence-electron chi connectivity index (χ4n) is 3.14. The Morgan fingerprint density at radius 2 is 1.86 bits per heavy atom. The van der Waals surface area contributed by atoms with E-state index in [4.69, 9.17) is 0 Å². The number of nitrogens with one attached hydrogen (secondary N) is 2. The fraction of sp³-hybridized carbons (Fsp3) is 0.333. The lowest BCUT2D eigenvalue weighted by molar-refractivity contribution is -0.136. The summed E-state index contributed by atoms with van der Waals surface area (Å²) in [5, 5.41) is 5.20. The fourth-order valence-corrected chi connectivity index (χ4v) is 3.14. The second-order valence-electron chi connectivity index (χ2n) is 7.08. The van der Waals surface area contributed by atoms with Gasteiger partial charge in [-0.2, -0.15) is 0 Å². The Labute approximate surface area is 164 Å². The molecule has 1 aromatic carbocycles. The highest BCUT2D eigenvalue weighted by molar-refractivity contribution is 6.39. The molecular weight excluding hydrogens is 356 g/mol. The maximum absolute atomic E-state index is 12.5. The Kier molecular flexibility index (Phi) is 6.03. The molecule has 1 aliphatic rings. The molecule has 3 amide bonds. The molecule has 7 nitrogen and oxygen atoms in total. The van der Waals surface area contributed by atoms with Crippen molar-refractivity contribution in [2.75, 3.05) is 16.8 Å². The molecule has 0 spiro atoms. The van der Waals surface area contributed by atoms with E-state index >= 15 is 0 Å². The third kappa shape index (κ3) is 4.54. The maximum atomic E-state index is 12.5. The van der Waals surface area contributed by atoms with Gasteiger partial charge in [-0.3, -0.25) is 19.4 Å². The summed E-state index contributed by atoms with van der Waals surface area (Å²) >= 11 is 0. The summed E-state index contributed by atoms with van der Waals surface area (Å²) < 4.78 is 0. The van der Waals surface area contributed by atoms with Gasteiger partial charge in [0.2, 0.25) is 5.91 Å². The first-order valence-corrected chi connectivity index (χ1v) is 9.38. The van der Waals surface area contributed by atoms with Crippen LogP contribution in [-0.2, 0) is 27.3 Å². The zero-order valence-corrected chi connectivity index (χ0v) is 16.1. The molecule has 2 N–H and O–H groups in total. The maximum Gasteiger partial charge on any atom is 0.313 e. The third-order valence-corrected chi connectivity index (χ3v) is 4.63. The van der Waals surface area contributed by atoms with E-state index in [-0.39, 0.29) is 18.4 Å². The summed E-state index contributed by atoms with van der Waals surface area (Å²) in [6, 6.07) is 8.96. The zero-order valence-electron chi connectivity index (χ0n) is 16.1. The number of rotatable bonds is 4. The van der Waals surface area contributed by atoms with Crippen LogP contribution in [-0.4, -0.2) is 29.3 Å². The van der Waals surface area contributed by atoms with E-state index in [1.165, 1.54) is 0 Å². The molecular formula is C21H24N4O3. The lowest BCUT2D eigenvalue weighted by Crippen LogP contribution is -2.38. The van der Waals surface area contributed by atoms with Crippen LogP contribution >= 0.6 is 0 Å². The van der Waals surface area contributed by atoms with Crippen LogP contribution < -0.4 is 15.5 Å². The Balaban J connectivity index is 1.67. The first-order chi connectivity index (χ1) is 13.5. The summed E-state index contributed by atoms with van der Waals surface area (Å²) in [5.74, 6) is -1.51. The number of carbonyl (C=O) groups is 3. The van der Waals surface area contributed by atoms with Crippen LogP contribution in [0.4, 0.5) is 11.4 Å². The monoisotopic (exact) mass is 380 g/mol. The van der Waals surface area contributed by atoms with Crippen molar-refractivity contribution >= 4 is 29.1 Å². The number of pyridine rings is 1. The molecule has 0 radical (unpaired) electrons. The lowest BCUT2D eigenvalue weighted by Gasteiger charge is -2.31. The number of benzene rings is 1. The van der Waals surface area contributed by atoms with Crippen molar-refractivity contribution in [2.24, 2.45) is 5.92 Å². The second kappa shape index (κ2) is 8.65. The number of nitrogens with zero attached hydrogens (tertiary/aromatic N) is 2. The average Bonchev–Trinajstić information content (AvgIpc) is 2.71. The molecule has 0 saturated carbocycles. The molecule has 3 rings (SSSR count). The number of carbonyl (C=O) groups excluding carboxylic acids is 3. The summed E-state index contributed by atoms with van der Waals surface area (Å²) in [4.78, 5) is 42.4. The van der Waals surface area contributed by atoms with Crippen molar-refractivity contribution in [3.8, 4) is 0 Å². The van der Waals surface area contributed by atoms with Crippen molar-refractivity contribution in [2.45, 2.75) is 33.2 Å².